The van der Waals surface area contributed by atoms with Crippen molar-refractivity contribution in [2.24, 2.45) is 0 Å². The van der Waals surface area contributed by atoms with Crippen LogP contribution in [0.25, 0.3) is 0 Å². The van der Waals surface area contributed by atoms with Crippen molar-refractivity contribution in [2.75, 3.05) is 32.7 Å². The SMILES string of the molecule is CCCCn1nc(C(=O)N2CCN(CCc3ccccc3)CC2)ccc1=O. The third-order valence-corrected chi connectivity index (χ3v) is 5.03. The number of piperazine rings is 1. The van der Waals surface area contributed by atoms with Crippen LogP contribution in [0.2, 0.25) is 0 Å². The van der Waals surface area contributed by atoms with Crippen LogP contribution in [0, 0.1) is 0 Å². The van der Waals surface area contributed by atoms with Gasteiger partial charge in [0, 0.05) is 45.3 Å². The van der Waals surface area contributed by atoms with Crippen molar-refractivity contribution in [1.82, 2.24) is 19.6 Å². The van der Waals surface area contributed by atoms with Crippen LogP contribution in [-0.2, 0) is 13.0 Å². The van der Waals surface area contributed by atoms with E-state index in [-0.39, 0.29) is 11.5 Å². The second kappa shape index (κ2) is 9.46. The van der Waals surface area contributed by atoms with Crippen molar-refractivity contribution < 1.29 is 4.79 Å². The summed E-state index contributed by atoms with van der Waals surface area (Å²) >= 11 is 0. The maximum absolute atomic E-state index is 12.8. The van der Waals surface area contributed by atoms with E-state index < -0.39 is 0 Å². The summed E-state index contributed by atoms with van der Waals surface area (Å²) in [5.41, 5.74) is 1.56. The molecule has 1 aromatic carbocycles. The highest BCUT2D eigenvalue weighted by atomic mass is 16.2. The van der Waals surface area contributed by atoms with Crippen LogP contribution in [-0.4, -0.2) is 58.2 Å². The van der Waals surface area contributed by atoms with E-state index in [9.17, 15) is 9.59 Å². The number of aryl methyl sites for hydroxylation is 1. The van der Waals surface area contributed by atoms with E-state index in [1.54, 1.807) is 6.07 Å². The number of benzene rings is 1. The molecule has 6 nitrogen and oxygen atoms in total. The average Bonchev–Trinajstić information content (AvgIpc) is 2.72. The molecule has 2 heterocycles. The number of amides is 1. The molecule has 0 N–H and O–H groups in total. The fourth-order valence-corrected chi connectivity index (χ4v) is 3.30. The summed E-state index contributed by atoms with van der Waals surface area (Å²) in [5.74, 6) is -0.0806. The molecule has 1 amide bonds. The summed E-state index contributed by atoms with van der Waals surface area (Å²) in [6, 6.07) is 13.5. The molecule has 1 aliphatic heterocycles. The first-order chi connectivity index (χ1) is 13.2. The zero-order valence-electron chi connectivity index (χ0n) is 16.0. The van der Waals surface area contributed by atoms with Gasteiger partial charge in [-0.3, -0.25) is 14.5 Å². The number of unbranched alkanes of at least 4 members (excludes halogenated alkanes) is 1. The molecular weight excluding hydrogens is 340 g/mol. The highest BCUT2D eigenvalue weighted by Gasteiger charge is 2.23. The number of hydrogen-bond donors (Lipinski definition) is 0. The van der Waals surface area contributed by atoms with Crippen molar-refractivity contribution >= 4 is 5.91 Å². The molecule has 6 heteroatoms. The van der Waals surface area contributed by atoms with Crippen molar-refractivity contribution in [3.63, 3.8) is 0 Å². The Morgan fingerprint density at radius 1 is 1.00 bits per heavy atom. The Hall–Kier alpha value is -2.47. The van der Waals surface area contributed by atoms with E-state index >= 15 is 0 Å². The number of hydrogen-bond acceptors (Lipinski definition) is 4. The Morgan fingerprint density at radius 3 is 2.44 bits per heavy atom. The monoisotopic (exact) mass is 368 g/mol. The van der Waals surface area contributed by atoms with Gasteiger partial charge in [0.15, 0.2) is 0 Å². The lowest BCUT2D eigenvalue weighted by atomic mass is 10.1. The third kappa shape index (κ3) is 5.26. The molecule has 1 aliphatic rings. The van der Waals surface area contributed by atoms with Gasteiger partial charge in [-0.05, 0) is 24.5 Å². The van der Waals surface area contributed by atoms with Gasteiger partial charge in [-0.25, -0.2) is 4.68 Å². The molecular formula is C21H28N4O2. The molecule has 0 radical (unpaired) electrons. The van der Waals surface area contributed by atoms with E-state index in [2.05, 4.69) is 41.2 Å². The molecule has 0 aliphatic carbocycles. The van der Waals surface area contributed by atoms with Gasteiger partial charge in [0.1, 0.15) is 5.69 Å². The Bertz CT molecular complexity index is 795. The van der Waals surface area contributed by atoms with Gasteiger partial charge in [-0.1, -0.05) is 43.7 Å². The first-order valence-corrected chi connectivity index (χ1v) is 9.81. The highest BCUT2D eigenvalue weighted by Crippen LogP contribution is 2.08. The fourth-order valence-electron chi connectivity index (χ4n) is 3.30. The molecule has 1 fully saturated rings. The first kappa shape index (κ1) is 19.3. The van der Waals surface area contributed by atoms with Crippen LogP contribution in [0.1, 0.15) is 35.8 Å². The minimum absolute atomic E-state index is 0.0806. The summed E-state index contributed by atoms with van der Waals surface area (Å²) in [6.45, 7) is 6.77. The molecule has 0 unspecified atom stereocenters. The molecule has 1 saturated heterocycles. The molecule has 0 bridgehead atoms. The quantitative estimate of drug-likeness (QED) is 0.750. The van der Waals surface area contributed by atoms with Crippen LogP contribution >= 0.6 is 0 Å². The lowest BCUT2D eigenvalue weighted by Gasteiger charge is -2.34. The number of nitrogens with zero attached hydrogens (tertiary/aromatic N) is 4. The standard InChI is InChI=1S/C21H28N4O2/c1-2-3-12-25-20(26)10-9-19(22-25)21(27)24-16-14-23(15-17-24)13-11-18-7-5-4-6-8-18/h4-10H,2-3,11-17H2,1H3. The fraction of sp³-hybridized carbons (Fsp3) is 0.476. The van der Waals surface area contributed by atoms with Crippen molar-refractivity contribution in [3.8, 4) is 0 Å². The van der Waals surface area contributed by atoms with Gasteiger partial charge in [0.05, 0.1) is 0 Å². The maximum atomic E-state index is 12.8. The normalized spacial score (nSPS) is 15.1. The number of rotatable bonds is 7. The van der Waals surface area contributed by atoms with Gasteiger partial charge in [0.25, 0.3) is 11.5 Å². The van der Waals surface area contributed by atoms with Gasteiger partial charge in [-0.2, -0.15) is 5.10 Å². The molecule has 1 aromatic heterocycles. The largest absolute Gasteiger partial charge is 0.335 e. The van der Waals surface area contributed by atoms with Crippen molar-refractivity contribution in [3.05, 3.63) is 64.1 Å². The van der Waals surface area contributed by atoms with E-state index in [1.165, 1.54) is 16.3 Å². The summed E-state index contributed by atoms with van der Waals surface area (Å²) in [6.07, 6.45) is 2.89. The van der Waals surface area contributed by atoms with E-state index in [0.717, 1.165) is 38.9 Å². The molecule has 0 atom stereocenters. The predicted molar refractivity (Wildman–Crippen MR) is 106 cm³/mol. The summed E-state index contributed by atoms with van der Waals surface area (Å²) in [7, 11) is 0. The Morgan fingerprint density at radius 2 is 1.74 bits per heavy atom. The van der Waals surface area contributed by atoms with E-state index in [0.29, 0.717) is 25.3 Å². The van der Waals surface area contributed by atoms with E-state index in [4.69, 9.17) is 0 Å². The van der Waals surface area contributed by atoms with E-state index in [1.807, 2.05) is 11.0 Å². The van der Waals surface area contributed by atoms with Crippen LogP contribution in [0.15, 0.2) is 47.3 Å². The Labute approximate surface area is 160 Å². The lowest BCUT2D eigenvalue weighted by molar-refractivity contribution is 0.0630. The van der Waals surface area contributed by atoms with Crippen LogP contribution in [0.5, 0.6) is 0 Å². The van der Waals surface area contributed by atoms with Gasteiger partial charge < -0.3 is 4.90 Å². The second-order valence-corrected chi connectivity index (χ2v) is 7.00. The van der Waals surface area contributed by atoms with Crippen molar-refractivity contribution in [1.29, 1.82) is 0 Å². The number of carbonyl (C=O) groups is 1. The second-order valence-electron chi connectivity index (χ2n) is 7.00. The zero-order valence-corrected chi connectivity index (χ0v) is 16.0. The molecule has 3 rings (SSSR count). The van der Waals surface area contributed by atoms with Crippen LogP contribution < -0.4 is 5.56 Å². The molecule has 144 valence electrons. The predicted octanol–water partition coefficient (Wildman–Crippen LogP) is 2.04. The molecule has 0 spiro atoms. The summed E-state index contributed by atoms with van der Waals surface area (Å²) in [5, 5.41) is 4.28. The summed E-state index contributed by atoms with van der Waals surface area (Å²) in [4.78, 5) is 28.9. The maximum Gasteiger partial charge on any atom is 0.274 e. The van der Waals surface area contributed by atoms with Gasteiger partial charge in [0.2, 0.25) is 0 Å². The summed E-state index contributed by atoms with van der Waals surface area (Å²) < 4.78 is 1.41. The number of carbonyl (C=O) groups excluding carboxylic acids is 1. The molecule has 0 saturated carbocycles. The molecule has 27 heavy (non-hydrogen) atoms. The zero-order chi connectivity index (χ0) is 19.1. The first-order valence-electron chi connectivity index (χ1n) is 9.81. The molecule has 2 aromatic rings. The van der Waals surface area contributed by atoms with Crippen LogP contribution in [0.4, 0.5) is 0 Å². The van der Waals surface area contributed by atoms with Crippen LogP contribution in [0.3, 0.4) is 0 Å². The minimum atomic E-state index is -0.147. The Kier molecular flexibility index (Phi) is 6.76. The third-order valence-electron chi connectivity index (χ3n) is 5.03. The smallest absolute Gasteiger partial charge is 0.274 e. The van der Waals surface area contributed by atoms with Gasteiger partial charge in [-0.15, -0.1) is 0 Å². The minimum Gasteiger partial charge on any atom is -0.335 e. The number of aromatic nitrogens is 2. The highest BCUT2D eigenvalue weighted by molar-refractivity contribution is 5.92. The lowest BCUT2D eigenvalue weighted by Crippen LogP contribution is -2.49. The topological polar surface area (TPSA) is 58.4 Å². The van der Waals surface area contributed by atoms with Gasteiger partial charge >= 0.3 is 0 Å². The van der Waals surface area contributed by atoms with Crippen molar-refractivity contribution in [2.45, 2.75) is 32.7 Å². The average molecular weight is 368 g/mol. The Balaban J connectivity index is 1.53.